The molecule has 4 aromatic rings. The van der Waals surface area contributed by atoms with Crippen molar-refractivity contribution >= 4 is 0 Å². The Labute approximate surface area is 215 Å². The lowest BCUT2D eigenvalue weighted by atomic mass is 9.80. The van der Waals surface area contributed by atoms with Crippen molar-refractivity contribution in [2.24, 2.45) is 0 Å². The second-order valence-electron chi connectivity index (χ2n) is 9.26. The monoisotopic (exact) mass is 530 g/mol. The lowest BCUT2D eigenvalue weighted by molar-refractivity contribution is 0.280. The van der Waals surface area contributed by atoms with E-state index in [1.165, 1.54) is 0 Å². The van der Waals surface area contributed by atoms with Crippen LogP contribution in [0.1, 0.15) is 33.4 Å². The molecule has 0 aliphatic rings. The van der Waals surface area contributed by atoms with Crippen LogP contribution in [0.15, 0.2) is 36.4 Å². The summed E-state index contributed by atoms with van der Waals surface area (Å²) >= 11 is 0. The van der Waals surface area contributed by atoms with Gasteiger partial charge in [0.1, 0.15) is 0 Å². The first-order valence-electron chi connectivity index (χ1n) is 11.7. The summed E-state index contributed by atoms with van der Waals surface area (Å²) in [5.41, 5.74) is 4.56. The Hall–Kier alpha value is -3.62. The van der Waals surface area contributed by atoms with Gasteiger partial charge in [-0.05, 0) is 119 Å². The fraction of sp³-hybridized carbons (Fsp3) is 0.200. The van der Waals surface area contributed by atoms with Gasteiger partial charge in [-0.1, -0.05) is 12.1 Å². The second kappa shape index (κ2) is 10.3. The van der Waals surface area contributed by atoms with Gasteiger partial charge in [-0.15, -0.1) is 0 Å². The topological polar surface area (TPSA) is 40.5 Å². The van der Waals surface area contributed by atoms with Gasteiger partial charge in [0.2, 0.25) is 0 Å². The zero-order valence-corrected chi connectivity index (χ0v) is 21.0. The van der Waals surface area contributed by atoms with Crippen LogP contribution in [0.3, 0.4) is 0 Å². The summed E-state index contributed by atoms with van der Waals surface area (Å²) in [6.45, 7) is 5.85. The Morgan fingerprint density at radius 2 is 0.789 bits per heavy atom. The van der Waals surface area contributed by atoms with Crippen molar-refractivity contribution in [2.75, 3.05) is 0 Å². The number of aryl methyl sites for hydroxylation is 2. The molecule has 0 fully saturated rings. The second-order valence-corrected chi connectivity index (χ2v) is 9.26. The minimum atomic E-state index is -1.62. The SMILES string of the molecule is Cc1cc(-c2cc(F)c(F)c(F)c2)c(CO)c(-c2c(C)c(C)cc(-c3cc(F)c(F)c(F)c3)c2CO)c1C. The Kier molecular flexibility index (Phi) is 7.41. The highest BCUT2D eigenvalue weighted by Gasteiger charge is 2.25. The van der Waals surface area contributed by atoms with E-state index >= 15 is 0 Å². The number of benzene rings is 4. The largest absolute Gasteiger partial charge is 0.392 e. The van der Waals surface area contributed by atoms with Crippen molar-refractivity contribution in [3.8, 4) is 33.4 Å². The van der Waals surface area contributed by atoms with Crippen molar-refractivity contribution in [1.82, 2.24) is 0 Å². The van der Waals surface area contributed by atoms with E-state index < -0.39 is 48.1 Å². The normalized spacial score (nSPS) is 11.4. The minimum Gasteiger partial charge on any atom is -0.392 e. The van der Waals surface area contributed by atoms with Crippen molar-refractivity contribution in [2.45, 2.75) is 40.9 Å². The molecular formula is C30H24F6O2. The first kappa shape index (κ1) is 27.4. The van der Waals surface area contributed by atoms with E-state index in [0.29, 0.717) is 33.4 Å². The van der Waals surface area contributed by atoms with Crippen LogP contribution >= 0.6 is 0 Å². The molecule has 2 N–H and O–H groups in total. The zero-order valence-electron chi connectivity index (χ0n) is 21.0. The van der Waals surface area contributed by atoms with Crippen LogP contribution < -0.4 is 0 Å². The van der Waals surface area contributed by atoms with Gasteiger partial charge in [0.15, 0.2) is 34.9 Å². The Morgan fingerprint density at radius 1 is 0.500 bits per heavy atom. The van der Waals surface area contributed by atoms with Crippen molar-refractivity contribution in [1.29, 1.82) is 0 Å². The van der Waals surface area contributed by atoms with Gasteiger partial charge in [0, 0.05) is 0 Å². The van der Waals surface area contributed by atoms with Crippen LogP contribution in [-0.4, -0.2) is 10.2 Å². The van der Waals surface area contributed by atoms with Gasteiger partial charge in [-0.3, -0.25) is 0 Å². The molecule has 4 rings (SSSR count). The van der Waals surface area contributed by atoms with Gasteiger partial charge >= 0.3 is 0 Å². The van der Waals surface area contributed by atoms with E-state index in [2.05, 4.69) is 0 Å². The molecule has 0 bridgehead atoms. The van der Waals surface area contributed by atoms with Gasteiger partial charge in [0.25, 0.3) is 0 Å². The maximum Gasteiger partial charge on any atom is 0.194 e. The van der Waals surface area contributed by atoms with E-state index in [0.717, 1.165) is 24.3 Å². The lowest BCUT2D eigenvalue weighted by Crippen LogP contribution is -2.06. The van der Waals surface area contributed by atoms with Crippen molar-refractivity contribution < 1.29 is 36.6 Å². The number of aliphatic hydroxyl groups excluding tert-OH is 2. The molecule has 0 aliphatic heterocycles. The summed E-state index contributed by atoms with van der Waals surface area (Å²) in [7, 11) is 0. The highest BCUT2D eigenvalue weighted by molar-refractivity contribution is 5.89. The van der Waals surface area contributed by atoms with Crippen molar-refractivity contribution in [3.63, 3.8) is 0 Å². The van der Waals surface area contributed by atoms with Gasteiger partial charge in [-0.2, -0.15) is 0 Å². The maximum atomic E-state index is 14.1. The molecule has 0 aliphatic carbocycles. The molecule has 0 amide bonds. The number of aliphatic hydroxyl groups is 2. The summed E-state index contributed by atoms with van der Waals surface area (Å²) in [5.74, 6) is -8.82. The molecule has 38 heavy (non-hydrogen) atoms. The molecule has 8 heteroatoms. The van der Waals surface area contributed by atoms with Crippen LogP contribution in [0, 0.1) is 62.6 Å². The van der Waals surface area contributed by atoms with E-state index in [9.17, 15) is 36.6 Å². The van der Waals surface area contributed by atoms with Crippen LogP contribution in [0.4, 0.5) is 26.3 Å². The van der Waals surface area contributed by atoms with E-state index in [-0.39, 0.29) is 33.4 Å². The minimum absolute atomic E-state index is 0.00597. The fourth-order valence-electron chi connectivity index (χ4n) is 4.88. The van der Waals surface area contributed by atoms with E-state index in [1.807, 2.05) is 0 Å². The maximum absolute atomic E-state index is 14.1. The third kappa shape index (κ3) is 4.48. The standard InChI is InChI=1S/C30H24F6O2/c1-13-5-19(17-7-23(31)29(35)24(32)8-17)21(11-37)27(15(13)3)28-16(4)14(2)6-20(22(28)12-38)18-9-25(33)30(36)26(34)10-18/h5-10,37-38H,11-12H2,1-4H3. The number of halogens is 6. The quantitative estimate of drug-likeness (QED) is 0.205. The summed E-state index contributed by atoms with van der Waals surface area (Å²) in [6, 6.07) is 6.56. The predicted octanol–water partition coefficient (Wildman–Crippen LogP) is 7.74. The highest BCUT2D eigenvalue weighted by atomic mass is 19.2. The zero-order chi connectivity index (χ0) is 28.0. The highest BCUT2D eigenvalue weighted by Crippen LogP contribution is 2.44. The molecule has 0 radical (unpaired) electrons. The number of rotatable bonds is 5. The molecule has 0 spiro atoms. The summed E-state index contributed by atoms with van der Waals surface area (Å²) in [4.78, 5) is 0. The fourth-order valence-corrected chi connectivity index (χ4v) is 4.88. The molecule has 4 aromatic carbocycles. The Balaban J connectivity index is 2.14. The third-order valence-electron chi connectivity index (χ3n) is 7.06. The predicted molar refractivity (Wildman–Crippen MR) is 133 cm³/mol. The van der Waals surface area contributed by atoms with Crippen LogP contribution in [0.5, 0.6) is 0 Å². The molecule has 0 unspecified atom stereocenters. The molecule has 0 aromatic heterocycles. The lowest BCUT2D eigenvalue weighted by Gasteiger charge is -2.25. The van der Waals surface area contributed by atoms with Gasteiger partial charge in [-0.25, -0.2) is 26.3 Å². The summed E-state index contributed by atoms with van der Waals surface area (Å²) < 4.78 is 83.9. The Bertz CT molecular complexity index is 1430. The van der Waals surface area contributed by atoms with Gasteiger partial charge in [0.05, 0.1) is 13.2 Å². The number of hydrogen-bond donors (Lipinski definition) is 2. The molecule has 0 saturated carbocycles. The summed E-state index contributed by atoms with van der Waals surface area (Å²) in [5, 5.41) is 21.0. The average molecular weight is 531 g/mol. The molecule has 0 atom stereocenters. The Morgan fingerprint density at radius 3 is 1.05 bits per heavy atom. The van der Waals surface area contributed by atoms with E-state index in [1.54, 1.807) is 39.8 Å². The van der Waals surface area contributed by atoms with Crippen LogP contribution in [0.25, 0.3) is 33.4 Å². The average Bonchev–Trinajstić information content (AvgIpc) is 2.87. The first-order chi connectivity index (χ1) is 17.9. The molecule has 0 heterocycles. The van der Waals surface area contributed by atoms with E-state index in [4.69, 9.17) is 0 Å². The smallest absolute Gasteiger partial charge is 0.194 e. The molecule has 0 saturated heterocycles. The van der Waals surface area contributed by atoms with Gasteiger partial charge < -0.3 is 10.2 Å². The molecule has 2 nitrogen and oxygen atoms in total. The summed E-state index contributed by atoms with van der Waals surface area (Å²) in [6.07, 6.45) is 0. The number of hydrogen-bond acceptors (Lipinski definition) is 2. The first-order valence-corrected chi connectivity index (χ1v) is 11.7. The van der Waals surface area contributed by atoms with Crippen molar-refractivity contribution in [3.05, 3.63) is 105 Å². The molecular weight excluding hydrogens is 506 g/mol. The van der Waals surface area contributed by atoms with Crippen LogP contribution in [-0.2, 0) is 13.2 Å². The third-order valence-corrected chi connectivity index (χ3v) is 7.06. The van der Waals surface area contributed by atoms with Crippen LogP contribution in [0.2, 0.25) is 0 Å². The molecule has 198 valence electrons.